The largest absolute Gasteiger partial charge is 0.490 e. The first-order valence-electron chi connectivity index (χ1n) is 10.8. The third kappa shape index (κ3) is 5.22. The minimum absolute atomic E-state index is 0.0735. The minimum atomic E-state index is -0.446. The molecule has 0 radical (unpaired) electrons. The number of carbonyl (C=O) groups excluding carboxylic acids is 1. The van der Waals surface area contributed by atoms with Crippen LogP contribution in [0.4, 0.5) is 0 Å². The molecule has 5 rings (SSSR count). The van der Waals surface area contributed by atoms with Crippen molar-refractivity contribution in [2.45, 2.75) is 12.3 Å². The van der Waals surface area contributed by atoms with Gasteiger partial charge in [0.25, 0.3) is 5.91 Å². The van der Waals surface area contributed by atoms with Crippen LogP contribution in [-0.2, 0) is 17.1 Å². The first-order chi connectivity index (χ1) is 17.1. The molecule has 3 aromatic rings. The fourth-order valence-corrected chi connectivity index (χ4v) is 5.53. The number of aliphatic imine (C=N–C) groups is 1. The number of rotatable bonds is 7. The molecule has 0 saturated heterocycles. The molecule has 2 aromatic carbocycles. The Morgan fingerprint density at radius 2 is 1.89 bits per heavy atom. The Balaban J connectivity index is 1.29. The van der Waals surface area contributed by atoms with Crippen molar-refractivity contribution in [2.75, 3.05) is 6.61 Å². The van der Waals surface area contributed by atoms with Gasteiger partial charge in [0.2, 0.25) is 5.17 Å². The molecule has 0 unspecified atom stereocenters. The molecule has 0 bridgehead atoms. The van der Waals surface area contributed by atoms with Crippen LogP contribution in [0.5, 0.6) is 5.75 Å². The van der Waals surface area contributed by atoms with E-state index in [-0.39, 0.29) is 11.4 Å². The number of carbonyl (C=O) groups is 1. The summed E-state index contributed by atoms with van der Waals surface area (Å²) in [4.78, 5) is 18.6. The zero-order chi connectivity index (χ0) is 24.2. The van der Waals surface area contributed by atoms with Crippen molar-refractivity contribution in [3.8, 4) is 5.75 Å². The second-order valence-corrected chi connectivity index (χ2v) is 9.67. The third-order valence-corrected chi connectivity index (χ3v) is 7.43. The average molecular weight is 522 g/mol. The van der Waals surface area contributed by atoms with E-state index in [0.29, 0.717) is 40.0 Å². The molecular weight excluding hydrogens is 502 g/mol. The number of para-hydroxylation sites is 1. The second-order valence-electron chi connectivity index (χ2n) is 7.59. The highest BCUT2D eigenvalue weighted by atomic mass is 35.5. The van der Waals surface area contributed by atoms with Gasteiger partial charge < -0.3 is 9.30 Å². The Morgan fingerprint density at radius 3 is 2.71 bits per heavy atom. The fourth-order valence-electron chi connectivity index (χ4n) is 3.54. The maximum Gasteiger partial charge on any atom is 0.283 e. The van der Waals surface area contributed by atoms with Crippen LogP contribution in [0.2, 0.25) is 5.02 Å². The summed E-state index contributed by atoms with van der Waals surface area (Å²) in [5, 5.41) is 10.4. The topological polar surface area (TPSA) is 83.0 Å². The number of halogens is 1. The molecule has 176 valence electrons. The van der Waals surface area contributed by atoms with Crippen molar-refractivity contribution in [3.05, 3.63) is 94.8 Å². The number of aromatic nitrogens is 1. The van der Waals surface area contributed by atoms with Crippen LogP contribution in [-0.4, -0.2) is 38.2 Å². The van der Waals surface area contributed by atoms with E-state index in [0.717, 1.165) is 23.2 Å². The van der Waals surface area contributed by atoms with Gasteiger partial charge in [-0.15, -0.1) is 0 Å². The summed E-state index contributed by atoms with van der Waals surface area (Å²) < 4.78 is 12.2. The summed E-state index contributed by atoms with van der Waals surface area (Å²) in [6.45, 7) is 0.949. The second kappa shape index (κ2) is 10.6. The Kier molecular flexibility index (Phi) is 7.08. The summed E-state index contributed by atoms with van der Waals surface area (Å²) in [6.07, 6.45) is 3.60. The van der Waals surface area contributed by atoms with E-state index < -0.39 is 5.91 Å². The van der Waals surface area contributed by atoms with Crippen LogP contribution in [0.1, 0.15) is 11.3 Å². The molecular formula is C25H20ClN5O2S2. The van der Waals surface area contributed by atoms with Gasteiger partial charge in [0.15, 0.2) is 5.17 Å². The lowest BCUT2D eigenvalue weighted by atomic mass is 10.1. The number of hydrogen-bond donors (Lipinski definition) is 1. The molecule has 1 aromatic heterocycles. The van der Waals surface area contributed by atoms with Gasteiger partial charge >= 0.3 is 0 Å². The summed E-state index contributed by atoms with van der Waals surface area (Å²) in [5.41, 5.74) is 2.15. The summed E-state index contributed by atoms with van der Waals surface area (Å²) >= 11 is 8.79. The van der Waals surface area contributed by atoms with Crippen molar-refractivity contribution < 1.29 is 9.53 Å². The normalized spacial score (nSPS) is 16.4. The van der Waals surface area contributed by atoms with Crippen molar-refractivity contribution in [2.24, 2.45) is 9.39 Å². The van der Waals surface area contributed by atoms with Crippen molar-refractivity contribution in [1.29, 1.82) is 5.41 Å². The molecule has 0 fully saturated rings. The van der Waals surface area contributed by atoms with Crippen LogP contribution >= 0.6 is 35.3 Å². The van der Waals surface area contributed by atoms with Gasteiger partial charge in [-0.1, -0.05) is 65.8 Å². The average Bonchev–Trinajstić information content (AvgIpc) is 3.49. The Hall–Kier alpha value is -3.27. The van der Waals surface area contributed by atoms with E-state index in [1.165, 1.54) is 11.8 Å². The van der Waals surface area contributed by atoms with Crippen LogP contribution in [0, 0.1) is 5.41 Å². The molecule has 10 heteroatoms. The number of hydrogen-bond acceptors (Lipinski definition) is 6. The van der Waals surface area contributed by atoms with Crippen LogP contribution in [0.3, 0.4) is 0 Å². The molecule has 2 aliphatic rings. The lowest BCUT2D eigenvalue weighted by molar-refractivity contribution is -0.114. The van der Waals surface area contributed by atoms with Gasteiger partial charge in [0.1, 0.15) is 18.2 Å². The first kappa shape index (κ1) is 23.5. The number of thioether (sulfide) groups is 1. The van der Waals surface area contributed by atoms with E-state index in [1.807, 2.05) is 71.4 Å². The van der Waals surface area contributed by atoms with Gasteiger partial charge in [-0.05, 0) is 35.9 Å². The summed E-state index contributed by atoms with van der Waals surface area (Å²) in [5.74, 6) is 0.958. The van der Waals surface area contributed by atoms with Gasteiger partial charge in [-0.25, -0.2) is 4.90 Å². The van der Waals surface area contributed by atoms with E-state index >= 15 is 0 Å². The lowest BCUT2D eigenvalue weighted by Crippen LogP contribution is -2.41. The van der Waals surface area contributed by atoms with Crippen molar-refractivity contribution in [3.63, 3.8) is 0 Å². The van der Waals surface area contributed by atoms with Gasteiger partial charge in [0, 0.05) is 17.6 Å². The van der Waals surface area contributed by atoms with E-state index in [1.54, 1.807) is 17.0 Å². The Labute approximate surface area is 216 Å². The SMILES string of the molecule is N=C1/C(=C/c2cccn2CCOc2ccccc2Cl)C(=O)N=C2SN=C(SCc3ccccc3)N12. The molecule has 3 heterocycles. The zero-order valence-electron chi connectivity index (χ0n) is 18.4. The van der Waals surface area contributed by atoms with Crippen LogP contribution < -0.4 is 4.74 Å². The summed E-state index contributed by atoms with van der Waals surface area (Å²) in [6, 6.07) is 21.2. The maximum absolute atomic E-state index is 12.8. The predicted molar refractivity (Wildman–Crippen MR) is 144 cm³/mol. The van der Waals surface area contributed by atoms with E-state index in [4.69, 9.17) is 21.7 Å². The number of benzene rings is 2. The Bertz CT molecular complexity index is 1370. The van der Waals surface area contributed by atoms with Crippen molar-refractivity contribution >= 4 is 63.5 Å². The molecule has 0 spiro atoms. The third-order valence-electron chi connectivity index (χ3n) is 5.29. The lowest BCUT2D eigenvalue weighted by Gasteiger charge is -2.24. The van der Waals surface area contributed by atoms with Gasteiger partial charge in [0.05, 0.1) is 29.1 Å². The summed E-state index contributed by atoms with van der Waals surface area (Å²) in [7, 11) is 0. The quantitative estimate of drug-likeness (QED) is 0.317. The molecule has 7 nitrogen and oxygen atoms in total. The van der Waals surface area contributed by atoms with Crippen LogP contribution in [0.15, 0.2) is 87.9 Å². The highest BCUT2D eigenvalue weighted by molar-refractivity contribution is 8.18. The number of nitrogens with zero attached hydrogens (tertiary/aromatic N) is 4. The molecule has 1 amide bonds. The highest BCUT2D eigenvalue weighted by Crippen LogP contribution is 2.33. The Morgan fingerprint density at radius 1 is 1.09 bits per heavy atom. The number of nitrogens with one attached hydrogen (secondary N) is 1. The van der Waals surface area contributed by atoms with Gasteiger partial charge in [-0.2, -0.15) is 9.39 Å². The molecule has 0 saturated carbocycles. The smallest absolute Gasteiger partial charge is 0.283 e. The molecule has 35 heavy (non-hydrogen) atoms. The maximum atomic E-state index is 12.8. The number of amides is 1. The number of ether oxygens (including phenoxy) is 1. The fraction of sp³-hybridized carbons (Fsp3) is 0.120. The minimum Gasteiger partial charge on any atom is -0.490 e. The molecule has 1 N–H and O–H groups in total. The number of amidine groups is 3. The molecule has 0 aliphatic carbocycles. The molecule has 0 atom stereocenters. The van der Waals surface area contributed by atoms with E-state index in [9.17, 15) is 4.79 Å². The zero-order valence-corrected chi connectivity index (χ0v) is 20.8. The monoisotopic (exact) mass is 521 g/mol. The van der Waals surface area contributed by atoms with Crippen LogP contribution in [0.25, 0.3) is 6.08 Å². The highest BCUT2D eigenvalue weighted by Gasteiger charge is 2.37. The predicted octanol–water partition coefficient (Wildman–Crippen LogP) is 5.73. The first-order valence-corrected chi connectivity index (χ1v) is 12.9. The number of fused-ring (bicyclic) bond motifs is 1. The van der Waals surface area contributed by atoms with Gasteiger partial charge in [-0.3, -0.25) is 10.2 Å². The standard InChI is InChI=1S/C25H20ClN5O2S2/c26-20-10-4-5-11-21(20)33-14-13-30-12-6-9-18(30)15-19-22(27)31-24(28-23(19)32)35-29-25(31)34-16-17-7-2-1-3-8-17/h1-12,15,27H,13-14,16H2/b19-15-,27-22?. The molecule has 2 aliphatic heterocycles. The van der Waals surface area contributed by atoms with Crippen molar-refractivity contribution in [1.82, 2.24) is 9.47 Å². The van der Waals surface area contributed by atoms with E-state index in [2.05, 4.69) is 9.39 Å².